The van der Waals surface area contributed by atoms with E-state index in [1.807, 2.05) is 54.6 Å². The first-order valence-corrected chi connectivity index (χ1v) is 8.30. The van der Waals surface area contributed by atoms with E-state index in [4.69, 9.17) is 9.40 Å². The molecule has 0 radical (unpaired) electrons. The van der Waals surface area contributed by atoms with Gasteiger partial charge in [0.05, 0.1) is 29.6 Å². The fourth-order valence-corrected chi connectivity index (χ4v) is 2.93. The second-order valence-corrected chi connectivity index (χ2v) is 6.05. The van der Waals surface area contributed by atoms with E-state index in [1.54, 1.807) is 30.6 Å². The number of fused-ring (bicyclic) bond motifs is 1. The van der Waals surface area contributed by atoms with E-state index >= 15 is 0 Å². The summed E-state index contributed by atoms with van der Waals surface area (Å²) in [5.74, 6) is 0.664. The third-order valence-corrected chi connectivity index (χ3v) is 4.22. The molecule has 0 spiro atoms. The van der Waals surface area contributed by atoms with Gasteiger partial charge < -0.3 is 9.32 Å². The predicted octanol–water partition coefficient (Wildman–Crippen LogP) is 4.16. The molecule has 0 aliphatic heterocycles. The molecule has 0 saturated heterocycles. The number of pyridine rings is 2. The van der Waals surface area contributed by atoms with Gasteiger partial charge in [-0.2, -0.15) is 0 Å². The van der Waals surface area contributed by atoms with E-state index in [9.17, 15) is 4.79 Å². The second kappa shape index (κ2) is 6.80. The topological polar surface area (TPSA) is 59.2 Å². The first kappa shape index (κ1) is 16.0. The summed E-state index contributed by atoms with van der Waals surface area (Å²) in [6.07, 6.45) is 5.07. The zero-order valence-corrected chi connectivity index (χ0v) is 14.3. The highest BCUT2D eigenvalue weighted by Crippen LogP contribution is 2.25. The zero-order valence-electron chi connectivity index (χ0n) is 14.3. The van der Waals surface area contributed by atoms with Crippen molar-refractivity contribution in [3.05, 3.63) is 84.6 Å². The Morgan fingerprint density at radius 2 is 2.00 bits per heavy atom. The van der Waals surface area contributed by atoms with Gasteiger partial charge in [-0.1, -0.05) is 18.2 Å². The van der Waals surface area contributed by atoms with Gasteiger partial charge in [-0.15, -0.1) is 0 Å². The van der Waals surface area contributed by atoms with Gasteiger partial charge in [0, 0.05) is 30.4 Å². The molecule has 5 heteroatoms. The number of aromatic nitrogens is 2. The number of carbonyl (C=O) groups is 1. The number of hydrogen-bond donors (Lipinski definition) is 0. The summed E-state index contributed by atoms with van der Waals surface area (Å²) in [5, 5.41) is 0.830. The van der Waals surface area contributed by atoms with Crippen LogP contribution in [-0.4, -0.2) is 27.8 Å². The molecule has 1 aromatic carbocycles. The number of nitrogens with zero attached hydrogens (tertiary/aromatic N) is 3. The molecule has 0 atom stereocenters. The Labute approximate surface area is 150 Å². The lowest BCUT2D eigenvalue weighted by Gasteiger charge is -2.17. The summed E-state index contributed by atoms with van der Waals surface area (Å²) < 4.78 is 5.36. The third kappa shape index (κ3) is 3.07. The fourth-order valence-electron chi connectivity index (χ4n) is 2.93. The third-order valence-electron chi connectivity index (χ3n) is 4.22. The molecule has 26 heavy (non-hydrogen) atoms. The lowest BCUT2D eigenvalue weighted by molar-refractivity contribution is 0.0777. The van der Waals surface area contributed by atoms with Crippen LogP contribution in [0, 0.1) is 0 Å². The maximum absolute atomic E-state index is 13.1. The molecule has 5 nitrogen and oxygen atoms in total. The standard InChI is InChI=1S/C21H17N3O2/c1-24(14-16-7-5-11-26-16)21(25)18-12-20(15-6-4-10-22-13-15)23-19-9-3-2-8-17(18)19/h2-13H,14H2,1H3. The van der Waals surface area contributed by atoms with Gasteiger partial charge in [0.1, 0.15) is 5.76 Å². The van der Waals surface area contributed by atoms with Crippen LogP contribution in [0.15, 0.2) is 77.7 Å². The predicted molar refractivity (Wildman–Crippen MR) is 99.5 cm³/mol. The highest BCUT2D eigenvalue weighted by molar-refractivity contribution is 6.07. The molecule has 0 bridgehead atoms. The number of furan rings is 1. The van der Waals surface area contributed by atoms with Gasteiger partial charge in [-0.3, -0.25) is 9.78 Å². The van der Waals surface area contributed by atoms with Crippen molar-refractivity contribution in [2.24, 2.45) is 0 Å². The van der Waals surface area contributed by atoms with Crippen LogP contribution in [0.2, 0.25) is 0 Å². The first-order chi connectivity index (χ1) is 12.7. The van der Waals surface area contributed by atoms with Crippen LogP contribution >= 0.6 is 0 Å². The molecule has 0 saturated carbocycles. The number of rotatable bonds is 4. The van der Waals surface area contributed by atoms with E-state index in [2.05, 4.69) is 4.98 Å². The molecule has 0 aliphatic carbocycles. The molecule has 0 unspecified atom stereocenters. The maximum atomic E-state index is 13.1. The van der Waals surface area contributed by atoms with Crippen molar-refractivity contribution in [2.75, 3.05) is 7.05 Å². The van der Waals surface area contributed by atoms with Gasteiger partial charge in [0.25, 0.3) is 5.91 Å². The summed E-state index contributed by atoms with van der Waals surface area (Å²) in [7, 11) is 1.77. The Hall–Kier alpha value is -3.47. The van der Waals surface area contributed by atoms with E-state index in [0.717, 1.165) is 27.9 Å². The summed E-state index contributed by atoms with van der Waals surface area (Å²) in [6.45, 7) is 0.407. The van der Waals surface area contributed by atoms with E-state index < -0.39 is 0 Å². The molecule has 0 aliphatic rings. The molecular formula is C21H17N3O2. The minimum Gasteiger partial charge on any atom is -0.467 e. The highest BCUT2D eigenvalue weighted by Gasteiger charge is 2.18. The van der Waals surface area contributed by atoms with Crippen LogP contribution in [0.5, 0.6) is 0 Å². The Morgan fingerprint density at radius 3 is 2.77 bits per heavy atom. The average Bonchev–Trinajstić information content (AvgIpc) is 3.20. The molecule has 4 aromatic rings. The van der Waals surface area contributed by atoms with Crippen LogP contribution in [0.25, 0.3) is 22.2 Å². The van der Waals surface area contributed by atoms with Crippen molar-refractivity contribution >= 4 is 16.8 Å². The molecule has 3 aromatic heterocycles. The van der Waals surface area contributed by atoms with Gasteiger partial charge >= 0.3 is 0 Å². The van der Waals surface area contributed by atoms with Crippen molar-refractivity contribution in [1.29, 1.82) is 0 Å². The molecular weight excluding hydrogens is 326 g/mol. The average molecular weight is 343 g/mol. The lowest BCUT2D eigenvalue weighted by atomic mass is 10.0. The first-order valence-electron chi connectivity index (χ1n) is 8.30. The van der Waals surface area contributed by atoms with Crippen molar-refractivity contribution in [3.8, 4) is 11.3 Å². The van der Waals surface area contributed by atoms with Gasteiger partial charge in [-0.25, -0.2) is 4.98 Å². The molecule has 0 fully saturated rings. The largest absolute Gasteiger partial charge is 0.467 e. The Morgan fingerprint density at radius 1 is 1.12 bits per heavy atom. The number of amides is 1. The van der Waals surface area contributed by atoms with Crippen LogP contribution < -0.4 is 0 Å². The van der Waals surface area contributed by atoms with Crippen LogP contribution in [0.1, 0.15) is 16.1 Å². The van der Waals surface area contributed by atoms with Crippen molar-refractivity contribution in [1.82, 2.24) is 14.9 Å². The summed E-state index contributed by atoms with van der Waals surface area (Å²) >= 11 is 0. The van der Waals surface area contributed by atoms with Gasteiger partial charge in [0.15, 0.2) is 0 Å². The SMILES string of the molecule is CN(Cc1ccco1)C(=O)c1cc(-c2cccnc2)nc2ccccc12. The lowest BCUT2D eigenvalue weighted by Crippen LogP contribution is -2.26. The number of carbonyl (C=O) groups excluding carboxylic acids is 1. The fraction of sp³-hybridized carbons (Fsp3) is 0.0952. The normalized spacial score (nSPS) is 10.8. The Bertz CT molecular complexity index is 1040. The summed E-state index contributed by atoms with van der Waals surface area (Å²) in [4.78, 5) is 23.6. The van der Waals surface area contributed by atoms with Crippen LogP contribution in [0.4, 0.5) is 0 Å². The maximum Gasteiger partial charge on any atom is 0.254 e. The Kier molecular flexibility index (Phi) is 4.19. The molecule has 128 valence electrons. The number of para-hydroxylation sites is 1. The van der Waals surface area contributed by atoms with Crippen LogP contribution in [0.3, 0.4) is 0 Å². The van der Waals surface area contributed by atoms with Crippen molar-refractivity contribution < 1.29 is 9.21 Å². The number of benzene rings is 1. The van der Waals surface area contributed by atoms with Crippen molar-refractivity contribution in [2.45, 2.75) is 6.54 Å². The molecule has 0 N–H and O–H groups in total. The van der Waals surface area contributed by atoms with Gasteiger partial charge in [0.2, 0.25) is 0 Å². The minimum absolute atomic E-state index is 0.0786. The summed E-state index contributed by atoms with van der Waals surface area (Å²) in [5.41, 5.74) is 3.00. The molecule has 4 rings (SSSR count). The van der Waals surface area contributed by atoms with Gasteiger partial charge in [-0.05, 0) is 36.4 Å². The highest BCUT2D eigenvalue weighted by atomic mass is 16.3. The quantitative estimate of drug-likeness (QED) is 0.558. The number of hydrogen-bond acceptors (Lipinski definition) is 4. The smallest absolute Gasteiger partial charge is 0.254 e. The van der Waals surface area contributed by atoms with E-state index in [0.29, 0.717) is 12.1 Å². The minimum atomic E-state index is -0.0786. The van der Waals surface area contributed by atoms with E-state index in [-0.39, 0.29) is 5.91 Å². The second-order valence-electron chi connectivity index (χ2n) is 6.05. The Balaban J connectivity index is 1.78. The monoisotopic (exact) mass is 343 g/mol. The molecule has 3 heterocycles. The summed E-state index contributed by atoms with van der Waals surface area (Å²) in [6, 6.07) is 17.0. The van der Waals surface area contributed by atoms with Crippen LogP contribution in [-0.2, 0) is 6.54 Å². The zero-order chi connectivity index (χ0) is 17.9. The molecule has 1 amide bonds. The van der Waals surface area contributed by atoms with Crippen molar-refractivity contribution in [3.63, 3.8) is 0 Å². The van der Waals surface area contributed by atoms with E-state index in [1.165, 1.54) is 0 Å².